The van der Waals surface area contributed by atoms with Crippen molar-refractivity contribution < 1.29 is 0 Å². The minimum Gasteiger partial charge on any atom is -0.309 e. The second-order valence-electron chi connectivity index (χ2n) is 12.7. The van der Waals surface area contributed by atoms with Gasteiger partial charge < -0.3 is 4.90 Å². The van der Waals surface area contributed by atoms with Crippen molar-refractivity contribution in [1.29, 1.82) is 0 Å². The standard InChI is InChI=1S/C36H53NP2/c1-24(2)30-18-20-33(35(22-30)38(26(5)6)27(7)8)37(32-16-14-13-15-17-32)34-21-19-31(25(3)4)23-36(34)39(28(9)10)29(11)12/h13-29H,1-12H3. The zero-order valence-electron chi connectivity index (χ0n) is 26.7. The van der Waals surface area contributed by atoms with Gasteiger partial charge in [0.15, 0.2) is 0 Å². The lowest BCUT2D eigenvalue weighted by Crippen LogP contribution is -2.28. The predicted molar refractivity (Wildman–Crippen MR) is 183 cm³/mol. The van der Waals surface area contributed by atoms with Gasteiger partial charge in [0.25, 0.3) is 0 Å². The van der Waals surface area contributed by atoms with E-state index in [1.807, 2.05) is 0 Å². The first-order valence-electron chi connectivity index (χ1n) is 15.0. The van der Waals surface area contributed by atoms with E-state index < -0.39 is 0 Å². The summed E-state index contributed by atoms with van der Waals surface area (Å²) >= 11 is 0. The van der Waals surface area contributed by atoms with Crippen LogP contribution in [0.25, 0.3) is 0 Å². The normalized spacial score (nSPS) is 12.4. The molecule has 0 amide bonds. The van der Waals surface area contributed by atoms with Crippen LogP contribution >= 0.6 is 15.8 Å². The third-order valence-electron chi connectivity index (χ3n) is 7.61. The monoisotopic (exact) mass is 561 g/mol. The third kappa shape index (κ3) is 7.34. The Hall–Kier alpha value is -1.68. The quantitative estimate of drug-likeness (QED) is 0.210. The number of hydrogen-bond acceptors (Lipinski definition) is 1. The maximum atomic E-state index is 2.61. The number of nitrogens with zero attached hydrogens (tertiary/aromatic N) is 1. The van der Waals surface area contributed by atoms with Crippen molar-refractivity contribution in [3.63, 3.8) is 0 Å². The lowest BCUT2D eigenvalue weighted by atomic mass is 10.0. The Balaban J connectivity index is 2.45. The molecule has 0 saturated heterocycles. The van der Waals surface area contributed by atoms with Crippen molar-refractivity contribution in [3.05, 3.63) is 77.9 Å². The molecule has 0 aliphatic heterocycles. The molecule has 3 rings (SSSR count). The van der Waals surface area contributed by atoms with Crippen LogP contribution in [0.3, 0.4) is 0 Å². The van der Waals surface area contributed by atoms with Gasteiger partial charge in [-0.3, -0.25) is 0 Å². The fourth-order valence-corrected chi connectivity index (χ4v) is 12.0. The lowest BCUT2D eigenvalue weighted by molar-refractivity contribution is 0.867. The molecule has 3 aromatic rings. The molecule has 0 N–H and O–H groups in total. The molecule has 3 aromatic carbocycles. The fourth-order valence-electron chi connectivity index (χ4n) is 5.88. The summed E-state index contributed by atoms with van der Waals surface area (Å²) in [6, 6.07) is 25.8. The van der Waals surface area contributed by atoms with E-state index in [0.717, 1.165) is 0 Å². The van der Waals surface area contributed by atoms with Crippen molar-refractivity contribution in [3.8, 4) is 0 Å². The molecular weight excluding hydrogens is 508 g/mol. The van der Waals surface area contributed by atoms with E-state index in [-0.39, 0.29) is 15.8 Å². The zero-order valence-corrected chi connectivity index (χ0v) is 28.4. The van der Waals surface area contributed by atoms with Crippen molar-refractivity contribution in [2.75, 3.05) is 4.90 Å². The first-order valence-corrected chi connectivity index (χ1v) is 18.0. The molecule has 0 aliphatic rings. The Morgan fingerprint density at radius 2 is 0.821 bits per heavy atom. The summed E-state index contributed by atoms with van der Waals surface area (Å²) in [6.07, 6.45) is 0. The van der Waals surface area contributed by atoms with Crippen LogP contribution in [0, 0.1) is 0 Å². The molecular formula is C36H53NP2. The van der Waals surface area contributed by atoms with Gasteiger partial charge in [-0.05, 0) is 82.0 Å². The number of para-hydroxylation sites is 1. The van der Waals surface area contributed by atoms with Crippen LogP contribution in [0.1, 0.15) is 106 Å². The van der Waals surface area contributed by atoms with Gasteiger partial charge in [0.1, 0.15) is 0 Å². The molecule has 0 atom stereocenters. The van der Waals surface area contributed by atoms with Gasteiger partial charge >= 0.3 is 0 Å². The molecule has 0 aliphatic carbocycles. The van der Waals surface area contributed by atoms with Crippen LogP contribution in [-0.2, 0) is 0 Å². The second-order valence-corrected chi connectivity index (χ2v) is 19.4. The Morgan fingerprint density at radius 1 is 0.462 bits per heavy atom. The van der Waals surface area contributed by atoms with Crippen molar-refractivity contribution >= 4 is 43.5 Å². The van der Waals surface area contributed by atoms with Crippen molar-refractivity contribution in [2.45, 2.75) is 118 Å². The highest BCUT2D eigenvalue weighted by Crippen LogP contribution is 2.52. The van der Waals surface area contributed by atoms with E-state index in [1.54, 1.807) is 10.6 Å². The minimum atomic E-state index is -0.351. The minimum absolute atomic E-state index is 0.351. The van der Waals surface area contributed by atoms with Gasteiger partial charge in [-0.2, -0.15) is 0 Å². The maximum absolute atomic E-state index is 2.61. The molecule has 0 aromatic heterocycles. The van der Waals surface area contributed by atoms with Crippen LogP contribution < -0.4 is 15.5 Å². The Labute approximate surface area is 243 Å². The maximum Gasteiger partial charge on any atom is 0.0539 e. The van der Waals surface area contributed by atoms with Gasteiger partial charge in [0.2, 0.25) is 0 Å². The Morgan fingerprint density at radius 3 is 1.13 bits per heavy atom. The average Bonchev–Trinajstić information content (AvgIpc) is 2.85. The summed E-state index contributed by atoms with van der Waals surface area (Å²) in [7, 11) is -0.703. The molecule has 0 unspecified atom stereocenters. The van der Waals surface area contributed by atoms with E-state index in [9.17, 15) is 0 Å². The lowest BCUT2D eigenvalue weighted by Gasteiger charge is -2.37. The van der Waals surface area contributed by atoms with E-state index in [2.05, 4.69) is 155 Å². The topological polar surface area (TPSA) is 3.24 Å². The molecule has 0 heterocycles. The Kier molecular flexibility index (Phi) is 11.3. The van der Waals surface area contributed by atoms with E-state index in [0.29, 0.717) is 34.5 Å². The Bertz CT molecular complexity index is 1100. The fraction of sp³-hybridized carbons (Fsp3) is 0.500. The van der Waals surface area contributed by atoms with Crippen LogP contribution in [0.2, 0.25) is 0 Å². The van der Waals surface area contributed by atoms with Gasteiger partial charge in [0.05, 0.1) is 11.4 Å². The number of anilines is 3. The molecule has 212 valence electrons. The number of hydrogen-bond donors (Lipinski definition) is 0. The molecule has 0 spiro atoms. The van der Waals surface area contributed by atoms with Gasteiger partial charge in [0, 0.05) is 16.3 Å². The summed E-state index contributed by atoms with van der Waals surface area (Å²) in [5, 5.41) is 3.09. The van der Waals surface area contributed by atoms with Gasteiger partial charge in [-0.1, -0.05) is 129 Å². The summed E-state index contributed by atoms with van der Waals surface area (Å²) in [4.78, 5) is 2.61. The van der Waals surface area contributed by atoms with Crippen molar-refractivity contribution in [2.24, 2.45) is 0 Å². The highest BCUT2D eigenvalue weighted by atomic mass is 31.1. The largest absolute Gasteiger partial charge is 0.309 e. The number of rotatable bonds is 11. The van der Waals surface area contributed by atoms with E-state index in [1.165, 1.54) is 28.2 Å². The van der Waals surface area contributed by atoms with Crippen LogP contribution in [0.4, 0.5) is 17.1 Å². The average molecular weight is 562 g/mol. The van der Waals surface area contributed by atoms with Crippen LogP contribution in [0.15, 0.2) is 66.7 Å². The summed E-state index contributed by atoms with van der Waals surface area (Å²) < 4.78 is 0. The molecule has 3 heteroatoms. The molecule has 0 radical (unpaired) electrons. The molecule has 0 fully saturated rings. The van der Waals surface area contributed by atoms with Gasteiger partial charge in [-0.25, -0.2) is 0 Å². The molecule has 1 nitrogen and oxygen atoms in total. The molecule has 0 saturated carbocycles. The first kappa shape index (κ1) is 31.8. The zero-order chi connectivity index (χ0) is 29.0. The highest BCUT2D eigenvalue weighted by Gasteiger charge is 2.30. The summed E-state index contributed by atoms with van der Waals surface area (Å²) in [6.45, 7) is 28.7. The smallest absolute Gasteiger partial charge is 0.0539 e. The molecule has 39 heavy (non-hydrogen) atoms. The molecule has 0 bridgehead atoms. The second kappa shape index (κ2) is 13.8. The van der Waals surface area contributed by atoms with Crippen molar-refractivity contribution in [1.82, 2.24) is 0 Å². The summed E-state index contributed by atoms with van der Waals surface area (Å²) in [5.74, 6) is 1.02. The first-order chi connectivity index (χ1) is 18.3. The van der Waals surface area contributed by atoms with E-state index >= 15 is 0 Å². The summed E-state index contributed by atoms with van der Waals surface area (Å²) in [5.41, 5.74) is 9.32. The third-order valence-corrected chi connectivity index (χ3v) is 13.9. The van der Waals surface area contributed by atoms with Gasteiger partial charge in [-0.15, -0.1) is 0 Å². The van der Waals surface area contributed by atoms with Crippen LogP contribution in [0.5, 0.6) is 0 Å². The SMILES string of the molecule is CC(C)c1ccc(N(c2ccccc2)c2ccc(C(C)C)cc2P(C(C)C)C(C)C)c(P(C(C)C)C(C)C)c1. The van der Waals surface area contributed by atoms with E-state index in [4.69, 9.17) is 0 Å². The highest BCUT2D eigenvalue weighted by molar-refractivity contribution is 7.67. The number of benzene rings is 3. The van der Waals surface area contributed by atoms with Crippen LogP contribution in [-0.4, -0.2) is 22.6 Å². The predicted octanol–water partition coefficient (Wildman–Crippen LogP) is 11.3.